The Kier molecular flexibility index (Phi) is 5.08. The molecule has 0 aliphatic carbocycles. The Morgan fingerprint density at radius 3 is 2.67 bits per heavy atom. The smallest absolute Gasteiger partial charge is 0.207 e. The molecule has 1 aromatic carbocycles. The van der Waals surface area contributed by atoms with E-state index in [4.69, 9.17) is 16.9 Å². The molecule has 0 heterocycles. The Balaban J connectivity index is 3.15. The van der Waals surface area contributed by atoms with Gasteiger partial charge in [-0.15, -0.1) is 0 Å². The lowest BCUT2D eigenvalue weighted by Crippen LogP contribution is -2.32. The number of rotatable bonds is 5. The molecule has 0 aliphatic rings. The Bertz CT molecular complexity index is 569. The number of benzene rings is 1. The van der Waals surface area contributed by atoms with Crippen LogP contribution in [-0.2, 0) is 10.0 Å². The van der Waals surface area contributed by atoms with E-state index in [2.05, 4.69) is 0 Å². The van der Waals surface area contributed by atoms with Gasteiger partial charge in [0.2, 0.25) is 10.0 Å². The SMILES string of the molecule is CCN(CCC#N)S(=O)(=O)c1ccc(F)cc1Cl. The van der Waals surface area contributed by atoms with Crippen molar-refractivity contribution in [1.29, 1.82) is 5.26 Å². The second-order valence-electron chi connectivity index (χ2n) is 3.48. The van der Waals surface area contributed by atoms with E-state index < -0.39 is 15.8 Å². The second-order valence-corrected chi connectivity index (χ2v) is 5.79. The fourth-order valence-corrected chi connectivity index (χ4v) is 3.40. The topological polar surface area (TPSA) is 61.2 Å². The average Bonchev–Trinajstić information content (AvgIpc) is 2.29. The third-order valence-corrected chi connectivity index (χ3v) is 4.79. The highest BCUT2D eigenvalue weighted by atomic mass is 35.5. The molecule has 0 saturated heterocycles. The van der Waals surface area contributed by atoms with E-state index in [0.29, 0.717) is 0 Å². The fourth-order valence-electron chi connectivity index (χ4n) is 1.45. The van der Waals surface area contributed by atoms with Crippen molar-refractivity contribution in [1.82, 2.24) is 4.31 Å². The largest absolute Gasteiger partial charge is 0.244 e. The molecule has 0 aliphatic heterocycles. The molecule has 98 valence electrons. The first-order chi connectivity index (χ1) is 8.43. The summed E-state index contributed by atoms with van der Waals surface area (Å²) in [6, 6.07) is 5.00. The first-order valence-corrected chi connectivity index (χ1v) is 7.07. The van der Waals surface area contributed by atoms with Crippen molar-refractivity contribution in [3.8, 4) is 6.07 Å². The monoisotopic (exact) mass is 290 g/mol. The van der Waals surface area contributed by atoms with E-state index in [0.717, 1.165) is 22.5 Å². The summed E-state index contributed by atoms with van der Waals surface area (Å²) >= 11 is 5.74. The van der Waals surface area contributed by atoms with Crippen LogP contribution in [0, 0.1) is 17.1 Å². The normalized spacial score (nSPS) is 11.5. The van der Waals surface area contributed by atoms with Gasteiger partial charge in [0.05, 0.1) is 11.1 Å². The maximum Gasteiger partial charge on any atom is 0.244 e. The van der Waals surface area contributed by atoms with E-state index >= 15 is 0 Å². The van der Waals surface area contributed by atoms with Crippen LogP contribution >= 0.6 is 11.6 Å². The summed E-state index contributed by atoms with van der Waals surface area (Å²) in [5.41, 5.74) is 0. The Hall–Kier alpha value is -1.16. The van der Waals surface area contributed by atoms with Gasteiger partial charge < -0.3 is 0 Å². The molecule has 0 fully saturated rings. The lowest BCUT2D eigenvalue weighted by Gasteiger charge is -2.19. The van der Waals surface area contributed by atoms with Crippen molar-refractivity contribution in [2.75, 3.05) is 13.1 Å². The molecule has 1 rings (SSSR count). The van der Waals surface area contributed by atoms with Crippen molar-refractivity contribution >= 4 is 21.6 Å². The molecule has 0 radical (unpaired) electrons. The molecule has 0 bridgehead atoms. The minimum atomic E-state index is -3.79. The predicted octanol–water partition coefficient (Wildman–Crippen LogP) is 2.40. The van der Waals surface area contributed by atoms with Crippen LogP contribution in [-0.4, -0.2) is 25.8 Å². The van der Waals surface area contributed by atoms with Crippen molar-refractivity contribution in [2.45, 2.75) is 18.2 Å². The third-order valence-electron chi connectivity index (χ3n) is 2.34. The molecule has 18 heavy (non-hydrogen) atoms. The zero-order valence-corrected chi connectivity index (χ0v) is 11.3. The molecular weight excluding hydrogens is 279 g/mol. The summed E-state index contributed by atoms with van der Waals surface area (Å²) in [6.45, 7) is 1.97. The van der Waals surface area contributed by atoms with Gasteiger partial charge in [0.1, 0.15) is 10.7 Å². The quantitative estimate of drug-likeness (QED) is 0.836. The molecule has 7 heteroatoms. The van der Waals surface area contributed by atoms with Crippen LogP contribution in [0.25, 0.3) is 0 Å². The molecule has 4 nitrogen and oxygen atoms in total. The molecule has 0 aromatic heterocycles. The maximum atomic E-state index is 12.9. The van der Waals surface area contributed by atoms with Crippen LogP contribution in [0.5, 0.6) is 0 Å². The molecule has 0 unspecified atom stereocenters. The summed E-state index contributed by atoms with van der Waals surface area (Å²) in [5.74, 6) is -0.598. The van der Waals surface area contributed by atoms with Gasteiger partial charge in [-0.3, -0.25) is 0 Å². The van der Waals surface area contributed by atoms with Crippen LogP contribution in [0.15, 0.2) is 23.1 Å². The van der Waals surface area contributed by atoms with Gasteiger partial charge in [0.25, 0.3) is 0 Å². The van der Waals surface area contributed by atoms with Gasteiger partial charge in [0, 0.05) is 19.5 Å². The van der Waals surface area contributed by atoms with E-state index in [1.807, 2.05) is 6.07 Å². The molecule has 0 atom stereocenters. The number of nitriles is 1. The van der Waals surface area contributed by atoms with E-state index in [1.54, 1.807) is 6.92 Å². The van der Waals surface area contributed by atoms with Crippen molar-refractivity contribution in [3.05, 3.63) is 29.0 Å². The van der Waals surface area contributed by atoms with E-state index in [9.17, 15) is 12.8 Å². The summed E-state index contributed by atoms with van der Waals surface area (Å²) in [7, 11) is -3.79. The molecule has 0 amide bonds. The van der Waals surface area contributed by atoms with Gasteiger partial charge in [0.15, 0.2) is 0 Å². The maximum absolute atomic E-state index is 12.9. The molecule has 1 aromatic rings. The minimum Gasteiger partial charge on any atom is -0.207 e. The highest BCUT2D eigenvalue weighted by Gasteiger charge is 2.25. The standard InChI is InChI=1S/C11H12ClFN2O2S/c1-2-15(7-3-6-14)18(16,17)11-5-4-9(13)8-10(11)12/h4-5,8H,2-3,7H2,1H3. The van der Waals surface area contributed by atoms with E-state index in [-0.39, 0.29) is 29.4 Å². The number of sulfonamides is 1. The molecule has 0 saturated carbocycles. The Morgan fingerprint density at radius 1 is 1.50 bits per heavy atom. The van der Waals surface area contributed by atoms with Crippen LogP contribution < -0.4 is 0 Å². The predicted molar refractivity (Wildman–Crippen MR) is 66.1 cm³/mol. The first kappa shape index (κ1) is 14.9. The van der Waals surface area contributed by atoms with Gasteiger partial charge in [-0.2, -0.15) is 9.57 Å². The van der Waals surface area contributed by atoms with Crippen molar-refractivity contribution < 1.29 is 12.8 Å². The summed E-state index contributed by atoms with van der Waals surface area (Å²) in [6.07, 6.45) is 0.0892. The van der Waals surface area contributed by atoms with Gasteiger partial charge in [-0.25, -0.2) is 12.8 Å². The summed E-state index contributed by atoms with van der Waals surface area (Å²) < 4.78 is 38.4. The highest BCUT2D eigenvalue weighted by molar-refractivity contribution is 7.89. The van der Waals surface area contributed by atoms with Gasteiger partial charge in [-0.05, 0) is 18.2 Å². The average molecular weight is 291 g/mol. The number of halogens is 2. The molecule has 0 N–H and O–H groups in total. The Labute approximate surface area is 111 Å². The zero-order chi connectivity index (χ0) is 13.8. The van der Waals surface area contributed by atoms with Crippen LogP contribution in [0.1, 0.15) is 13.3 Å². The zero-order valence-electron chi connectivity index (χ0n) is 9.73. The summed E-state index contributed by atoms with van der Waals surface area (Å²) in [5, 5.41) is 8.33. The van der Waals surface area contributed by atoms with E-state index in [1.165, 1.54) is 0 Å². The lowest BCUT2D eigenvalue weighted by molar-refractivity contribution is 0.435. The van der Waals surface area contributed by atoms with Gasteiger partial charge >= 0.3 is 0 Å². The van der Waals surface area contributed by atoms with Crippen molar-refractivity contribution in [3.63, 3.8) is 0 Å². The second kappa shape index (κ2) is 6.14. The number of hydrogen-bond acceptors (Lipinski definition) is 3. The van der Waals surface area contributed by atoms with Crippen LogP contribution in [0.2, 0.25) is 5.02 Å². The summed E-state index contributed by atoms with van der Waals surface area (Å²) in [4.78, 5) is -0.148. The number of hydrogen-bond donors (Lipinski definition) is 0. The highest BCUT2D eigenvalue weighted by Crippen LogP contribution is 2.25. The third kappa shape index (κ3) is 3.19. The van der Waals surface area contributed by atoms with Crippen LogP contribution in [0.3, 0.4) is 0 Å². The fraction of sp³-hybridized carbons (Fsp3) is 0.364. The van der Waals surface area contributed by atoms with Crippen molar-refractivity contribution in [2.24, 2.45) is 0 Å². The molecular formula is C11H12ClFN2O2S. The lowest BCUT2D eigenvalue weighted by atomic mass is 10.3. The first-order valence-electron chi connectivity index (χ1n) is 5.25. The van der Waals surface area contributed by atoms with Crippen LogP contribution in [0.4, 0.5) is 4.39 Å². The Morgan fingerprint density at radius 2 is 2.17 bits per heavy atom. The minimum absolute atomic E-state index is 0.0863. The molecule has 0 spiro atoms. The number of nitrogens with zero attached hydrogens (tertiary/aromatic N) is 2. The van der Waals surface area contributed by atoms with Gasteiger partial charge in [-0.1, -0.05) is 18.5 Å².